The Hall–Kier alpha value is -0.0800. The van der Waals surface area contributed by atoms with Gasteiger partial charge >= 0.3 is 0 Å². The van der Waals surface area contributed by atoms with Crippen LogP contribution in [0.4, 0.5) is 0 Å². The zero-order valence-electron chi connectivity index (χ0n) is 6.01. The molecule has 0 aliphatic heterocycles. The fourth-order valence-electron chi connectivity index (χ4n) is 1.08. The Bertz CT molecular complexity index is 90.9. The van der Waals surface area contributed by atoms with Crippen LogP contribution in [0.15, 0.2) is 0 Å². The van der Waals surface area contributed by atoms with Gasteiger partial charge in [0.15, 0.2) is 0 Å². The maximum atomic E-state index is 5.61. The summed E-state index contributed by atoms with van der Waals surface area (Å²) in [5.74, 6) is 0.802. The molecule has 0 aromatic carbocycles. The van der Waals surface area contributed by atoms with E-state index >= 15 is 0 Å². The zero-order chi connectivity index (χ0) is 6.85. The summed E-state index contributed by atoms with van der Waals surface area (Å²) in [6.07, 6.45) is 3.60. The van der Waals surface area contributed by atoms with Gasteiger partial charge in [-0.15, -0.1) is 0 Å². The van der Waals surface area contributed by atoms with Gasteiger partial charge in [-0.25, -0.2) is 0 Å². The molecule has 4 N–H and O–H groups in total. The van der Waals surface area contributed by atoms with Gasteiger partial charge in [-0.3, -0.25) is 0 Å². The third kappa shape index (κ3) is 2.33. The number of hydrogen-bond donors (Lipinski definition) is 2. The van der Waals surface area contributed by atoms with Gasteiger partial charge in [-0.05, 0) is 32.1 Å². The first kappa shape index (κ1) is 7.03. The lowest BCUT2D eigenvalue weighted by atomic mass is 10.1. The molecule has 0 spiro atoms. The maximum absolute atomic E-state index is 5.61. The maximum Gasteiger partial charge on any atom is 0.00709 e. The normalized spacial score (nSPS) is 36.3. The van der Waals surface area contributed by atoms with Gasteiger partial charge in [-0.2, -0.15) is 0 Å². The molecule has 3 unspecified atom stereocenters. The van der Waals surface area contributed by atoms with Gasteiger partial charge in [0, 0.05) is 12.1 Å². The fraction of sp³-hybridized carbons (Fsp3) is 1.00. The Balaban J connectivity index is 1.94. The largest absolute Gasteiger partial charge is 0.328 e. The lowest BCUT2D eigenvalue weighted by molar-refractivity contribution is 0.577. The van der Waals surface area contributed by atoms with Crippen LogP contribution in [-0.4, -0.2) is 12.1 Å². The fourth-order valence-corrected chi connectivity index (χ4v) is 1.08. The Morgan fingerprint density at radius 1 is 1.67 bits per heavy atom. The first-order chi connectivity index (χ1) is 4.20. The minimum Gasteiger partial charge on any atom is -0.328 e. The highest BCUT2D eigenvalue weighted by molar-refractivity contribution is 4.89. The molecule has 1 saturated carbocycles. The Kier molecular flexibility index (Phi) is 2.09. The van der Waals surface area contributed by atoms with E-state index < -0.39 is 0 Å². The molecule has 9 heavy (non-hydrogen) atoms. The van der Waals surface area contributed by atoms with Crippen molar-refractivity contribution in [2.24, 2.45) is 17.4 Å². The molecule has 3 atom stereocenters. The molecule has 2 heteroatoms. The summed E-state index contributed by atoms with van der Waals surface area (Å²) in [5, 5.41) is 0. The molecule has 1 fully saturated rings. The van der Waals surface area contributed by atoms with Crippen molar-refractivity contribution in [1.82, 2.24) is 0 Å². The molecular formula is C7H16N2. The van der Waals surface area contributed by atoms with Crippen molar-refractivity contribution < 1.29 is 0 Å². The summed E-state index contributed by atoms with van der Waals surface area (Å²) in [7, 11) is 0. The van der Waals surface area contributed by atoms with Crippen molar-refractivity contribution in [2.75, 3.05) is 0 Å². The summed E-state index contributed by atoms with van der Waals surface area (Å²) in [5.41, 5.74) is 11.2. The van der Waals surface area contributed by atoms with Gasteiger partial charge in [0.2, 0.25) is 0 Å². The number of nitrogens with two attached hydrogens (primary N) is 2. The molecule has 54 valence electrons. The van der Waals surface area contributed by atoms with Crippen LogP contribution in [0, 0.1) is 5.92 Å². The van der Waals surface area contributed by atoms with E-state index in [-0.39, 0.29) is 0 Å². The van der Waals surface area contributed by atoms with E-state index in [1.54, 1.807) is 0 Å². The van der Waals surface area contributed by atoms with Crippen molar-refractivity contribution in [1.29, 1.82) is 0 Å². The van der Waals surface area contributed by atoms with Crippen molar-refractivity contribution in [2.45, 2.75) is 38.3 Å². The monoisotopic (exact) mass is 128 g/mol. The van der Waals surface area contributed by atoms with E-state index in [9.17, 15) is 0 Å². The Morgan fingerprint density at radius 2 is 2.22 bits per heavy atom. The van der Waals surface area contributed by atoms with E-state index in [0.29, 0.717) is 12.1 Å². The summed E-state index contributed by atoms with van der Waals surface area (Å²) >= 11 is 0. The first-order valence-corrected chi connectivity index (χ1v) is 3.71. The highest BCUT2D eigenvalue weighted by Crippen LogP contribution is 2.32. The minimum absolute atomic E-state index is 0.359. The summed E-state index contributed by atoms with van der Waals surface area (Å²) in [6, 6.07) is 0.863. The topological polar surface area (TPSA) is 52.0 Å². The second kappa shape index (κ2) is 2.67. The predicted molar refractivity (Wildman–Crippen MR) is 39.0 cm³/mol. The molecule has 1 aliphatic carbocycles. The highest BCUT2D eigenvalue weighted by Gasteiger charge is 2.32. The van der Waals surface area contributed by atoms with Crippen LogP contribution in [0.25, 0.3) is 0 Å². The molecule has 0 amide bonds. The van der Waals surface area contributed by atoms with E-state index in [2.05, 4.69) is 0 Å². The molecule has 0 heterocycles. The van der Waals surface area contributed by atoms with Crippen LogP contribution in [0.2, 0.25) is 0 Å². The molecule has 0 bridgehead atoms. The molecule has 1 rings (SSSR count). The van der Waals surface area contributed by atoms with Gasteiger partial charge in [-0.1, -0.05) is 0 Å². The SMILES string of the molecule is CC(N)CCC1CC1N. The Labute approximate surface area is 56.6 Å². The van der Waals surface area contributed by atoms with E-state index in [4.69, 9.17) is 11.5 Å². The van der Waals surface area contributed by atoms with E-state index in [0.717, 1.165) is 12.3 Å². The molecule has 0 aromatic rings. The first-order valence-electron chi connectivity index (χ1n) is 3.71. The Morgan fingerprint density at radius 3 is 2.56 bits per heavy atom. The van der Waals surface area contributed by atoms with Crippen LogP contribution in [0.3, 0.4) is 0 Å². The van der Waals surface area contributed by atoms with Gasteiger partial charge in [0.25, 0.3) is 0 Å². The van der Waals surface area contributed by atoms with Crippen molar-refractivity contribution >= 4 is 0 Å². The standard InChI is InChI=1S/C7H16N2/c1-5(8)2-3-6-4-7(6)9/h5-7H,2-4,8-9H2,1H3. The molecule has 2 nitrogen and oxygen atoms in total. The average Bonchev–Trinajstić information content (AvgIpc) is 2.42. The minimum atomic E-state index is 0.359. The van der Waals surface area contributed by atoms with Crippen LogP contribution in [-0.2, 0) is 0 Å². The molecule has 0 radical (unpaired) electrons. The lowest BCUT2D eigenvalue weighted by Gasteiger charge is -2.01. The third-order valence-electron chi connectivity index (χ3n) is 1.97. The van der Waals surface area contributed by atoms with Gasteiger partial charge < -0.3 is 11.5 Å². The molecule has 1 aliphatic rings. The molecular weight excluding hydrogens is 112 g/mol. The smallest absolute Gasteiger partial charge is 0.00709 e. The van der Waals surface area contributed by atoms with E-state index in [1.807, 2.05) is 6.92 Å². The van der Waals surface area contributed by atoms with Crippen LogP contribution in [0.1, 0.15) is 26.2 Å². The summed E-state index contributed by atoms with van der Waals surface area (Å²) < 4.78 is 0. The van der Waals surface area contributed by atoms with Crippen molar-refractivity contribution in [3.05, 3.63) is 0 Å². The molecule has 0 aromatic heterocycles. The van der Waals surface area contributed by atoms with E-state index in [1.165, 1.54) is 12.8 Å². The summed E-state index contributed by atoms with van der Waals surface area (Å²) in [6.45, 7) is 2.05. The quantitative estimate of drug-likeness (QED) is 0.580. The zero-order valence-corrected chi connectivity index (χ0v) is 6.01. The second-order valence-electron chi connectivity index (χ2n) is 3.21. The highest BCUT2D eigenvalue weighted by atomic mass is 14.7. The van der Waals surface area contributed by atoms with Crippen LogP contribution in [0.5, 0.6) is 0 Å². The lowest BCUT2D eigenvalue weighted by Crippen LogP contribution is -2.15. The third-order valence-corrected chi connectivity index (χ3v) is 1.97. The average molecular weight is 128 g/mol. The number of hydrogen-bond acceptors (Lipinski definition) is 2. The predicted octanol–water partition coefficient (Wildman–Crippen LogP) is 0.461. The van der Waals surface area contributed by atoms with Crippen LogP contribution < -0.4 is 11.5 Å². The van der Waals surface area contributed by atoms with Gasteiger partial charge in [0.05, 0.1) is 0 Å². The number of rotatable bonds is 3. The second-order valence-corrected chi connectivity index (χ2v) is 3.21. The van der Waals surface area contributed by atoms with Gasteiger partial charge in [0.1, 0.15) is 0 Å². The van der Waals surface area contributed by atoms with Crippen LogP contribution >= 0.6 is 0 Å². The van der Waals surface area contributed by atoms with Crippen molar-refractivity contribution in [3.8, 4) is 0 Å². The van der Waals surface area contributed by atoms with Crippen molar-refractivity contribution in [3.63, 3.8) is 0 Å². The summed E-state index contributed by atoms with van der Waals surface area (Å²) in [4.78, 5) is 0. The molecule has 0 saturated heterocycles.